The van der Waals surface area contributed by atoms with Crippen LogP contribution in [0.5, 0.6) is 0 Å². The van der Waals surface area contributed by atoms with Crippen molar-refractivity contribution in [3.8, 4) is 33.9 Å². The minimum Gasteiger partial charge on any atom is -0.298 e. The molecule has 0 bridgehead atoms. The van der Waals surface area contributed by atoms with Crippen LogP contribution >= 0.6 is 0 Å². The third-order valence-corrected chi connectivity index (χ3v) is 8.19. The predicted molar refractivity (Wildman–Crippen MR) is 175 cm³/mol. The summed E-state index contributed by atoms with van der Waals surface area (Å²) in [5.74, 6) is 0.694. The van der Waals surface area contributed by atoms with E-state index in [0.29, 0.717) is 5.82 Å². The fraction of sp³-hybridized carbons (Fsp3) is 0. The van der Waals surface area contributed by atoms with Gasteiger partial charge in [-0.25, -0.2) is 19.9 Å². The van der Waals surface area contributed by atoms with Crippen molar-refractivity contribution in [1.29, 1.82) is 0 Å². The Balaban J connectivity index is 1.21. The molecule has 0 aliphatic carbocycles. The molecule has 0 fully saturated rings. The van der Waals surface area contributed by atoms with Gasteiger partial charge in [-0.1, -0.05) is 103 Å². The van der Waals surface area contributed by atoms with Crippen LogP contribution < -0.4 is 0 Å². The Morgan fingerprint density at radius 2 is 1.12 bits per heavy atom. The van der Waals surface area contributed by atoms with Crippen molar-refractivity contribution in [2.75, 3.05) is 0 Å². The van der Waals surface area contributed by atoms with Gasteiger partial charge >= 0.3 is 0 Å². The number of hydrogen-bond donors (Lipinski definition) is 0. The average Bonchev–Trinajstić information content (AvgIpc) is 3.47. The number of hydrogen-bond acceptors (Lipinski definition) is 4. The van der Waals surface area contributed by atoms with E-state index in [0.717, 1.165) is 66.6 Å². The smallest absolute Gasteiger partial charge is 0.160 e. The van der Waals surface area contributed by atoms with E-state index in [1.807, 2.05) is 48.5 Å². The lowest BCUT2D eigenvalue weighted by atomic mass is 10.0. The molecule has 5 nitrogen and oxygen atoms in total. The average molecular weight is 550 g/mol. The minimum atomic E-state index is 0.694. The normalized spacial score (nSPS) is 11.7. The molecule has 0 saturated carbocycles. The van der Waals surface area contributed by atoms with Crippen molar-refractivity contribution >= 4 is 49.3 Å². The van der Waals surface area contributed by atoms with Crippen LogP contribution in [-0.4, -0.2) is 24.3 Å². The molecule has 0 aliphatic rings. The third-order valence-electron chi connectivity index (χ3n) is 8.19. The van der Waals surface area contributed by atoms with Gasteiger partial charge in [0.2, 0.25) is 0 Å². The first-order chi connectivity index (χ1) is 21.3. The van der Waals surface area contributed by atoms with E-state index in [-0.39, 0.29) is 0 Å². The summed E-state index contributed by atoms with van der Waals surface area (Å²) in [6.45, 7) is 0. The number of rotatable bonds is 3. The molecular formula is C38H23N5. The van der Waals surface area contributed by atoms with Crippen LogP contribution in [0.1, 0.15) is 0 Å². The third kappa shape index (κ3) is 3.79. The zero-order chi connectivity index (χ0) is 28.3. The summed E-state index contributed by atoms with van der Waals surface area (Å²) < 4.78 is 2.13. The van der Waals surface area contributed by atoms with Gasteiger partial charge in [-0.3, -0.25) is 4.40 Å². The predicted octanol–water partition coefficient (Wildman–Crippen LogP) is 9.13. The fourth-order valence-corrected chi connectivity index (χ4v) is 6.10. The van der Waals surface area contributed by atoms with Crippen molar-refractivity contribution in [3.63, 3.8) is 0 Å². The first-order valence-electron chi connectivity index (χ1n) is 14.3. The van der Waals surface area contributed by atoms with Crippen molar-refractivity contribution in [2.24, 2.45) is 0 Å². The molecule has 0 radical (unpaired) electrons. The summed E-state index contributed by atoms with van der Waals surface area (Å²) >= 11 is 0. The number of imidazole rings is 1. The van der Waals surface area contributed by atoms with Gasteiger partial charge in [0, 0.05) is 33.7 Å². The molecule has 0 amide bonds. The highest BCUT2D eigenvalue weighted by atomic mass is 15.0. The van der Waals surface area contributed by atoms with E-state index in [2.05, 4.69) is 95.5 Å². The summed E-state index contributed by atoms with van der Waals surface area (Å²) in [7, 11) is 0. The summed E-state index contributed by atoms with van der Waals surface area (Å²) in [4.78, 5) is 20.2. The van der Waals surface area contributed by atoms with Crippen molar-refractivity contribution in [2.45, 2.75) is 0 Å². The molecule has 0 spiro atoms. The lowest BCUT2D eigenvalue weighted by Gasteiger charge is -2.11. The number of para-hydroxylation sites is 2. The molecule has 0 N–H and O–H groups in total. The van der Waals surface area contributed by atoms with Gasteiger partial charge in [0.1, 0.15) is 11.2 Å². The van der Waals surface area contributed by atoms with E-state index < -0.39 is 0 Å². The van der Waals surface area contributed by atoms with E-state index in [1.165, 1.54) is 10.8 Å². The summed E-state index contributed by atoms with van der Waals surface area (Å²) in [6.07, 6.45) is 2.05. The molecule has 4 heterocycles. The van der Waals surface area contributed by atoms with Crippen molar-refractivity contribution < 1.29 is 0 Å². The Hall–Kier alpha value is -5.94. The van der Waals surface area contributed by atoms with Gasteiger partial charge in [0.15, 0.2) is 5.82 Å². The van der Waals surface area contributed by atoms with Crippen LogP contribution in [0.4, 0.5) is 0 Å². The molecule has 0 atom stereocenters. The number of fused-ring (bicyclic) bond motifs is 7. The number of pyridine rings is 2. The molecule has 4 aromatic heterocycles. The molecule has 9 rings (SSSR count). The monoisotopic (exact) mass is 549 g/mol. The minimum absolute atomic E-state index is 0.694. The first kappa shape index (κ1) is 23.7. The van der Waals surface area contributed by atoms with Crippen LogP contribution in [-0.2, 0) is 0 Å². The molecule has 0 saturated heterocycles. The van der Waals surface area contributed by atoms with E-state index in [9.17, 15) is 0 Å². The van der Waals surface area contributed by atoms with Gasteiger partial charge in [0.25, 0.3) is 0 Å². The van der Waals surface area contributed by atoms with E-state index in [4.69, 9.17) is 19.9 Å². The lowest BCUT2D eigenvalue weighted by molar-refractivity contribution is 1.22. The highest BCUT2D eigenvalue weighted by molar-refractivity contribution is 6.09. The Morgan fingerprint density at radius 1 is 0.442 bits per heavy atom. The second-order valence-corrected chi connectivity index (χ2v) is 10.8. The molecule has 0 unspecified atom stereocenters. The first-order valence-corrected chi connectivity index (χ1v) is 14.3. The number of aromatic nitrogens is 5. The quantitative estimate of drug-likeness (QED) is 0.220. The molecule has 5 heteroatoms. The molecule has 5 aromatic carbocycles. The SMILES string of the molecule is c1ccc2cc(-c3nc(-c4ccc(-c5nc6ccccc6c6nc7ccccn7c56)cc4)nc4ccccc34)ccc2c1. The summed E-state index contributed by atoms with van der Waals surface area (Å²) in [6, 6.07) is 45.9. The van der Waals surface area contributed by atoms with Gasteiger partial charge in [-0.05, 0) is 41.1 Å². The standard InChI is InChI=1S/C38H23N5/c1-2-10-27-23-28(21-16-24(27)9-1)34-29-11-3-6-14-32(29)40-38(42-34)26-19-17-25(18-20-26)35-37-36(30-12-4-5-13-31(30)39-35)41-33-15-7-8-22-43(33)37/h1-23H. The molecule has 0 aliphatic heterocycles. The van der Waals surface area contributed by atoms with Crippen molar-refractivity contribution in [1.82, 2.24) is 24.3 Å². The highest BCUT2D eigenvalue weighted by Crippen LogP contribution is 2.35. The topological polar surface area (TPSA) is 56.0 Å². The summed E-state index contributed by atoms with van der Waals surface area (Å²) in [5, 5.41) is 4.49. The van der Waals surface area contributed by atoms with Gasteiger partial charge < -0.3 is 0 Å². The second kappa shape index (κ2) is 9.29. The zero-order valence-electron chi connectivity index (χ0n) is 23.0. The molecular weight excluding hydrogens is 526 g/mol. The Bertz CT molecular complexity index is 2510. The van der Waals surface area contributed by atoms with Crippen LogP contribution in [0.25, 0.3) is 83.2 Å². The second-order valence-electron chi connectivity index (χ2n) is 10.8. The maximum Gasteiger partial charge on any atom is 0.160 e. The lowest BCUT2D eigenvalue weighted by Crippen LogP contribution is -1.96. The Labute approximate surface area is 246 Å². The van der Waals surface area contributed by atoms with Crippen LogP contribution in [0.3, 0.4) is 0 Å². The van der Waals surface area contributed by atoms with Crippen LogP contribution in [0, 0.1) is 0 Å². The van der Waals surface area contributed by atoms with Gasteiger partial charge in [-0.2, -0.15) is 0 Å². The highest BCUT2D eigenvalue weighted by Gasteiger charge is 2.17. The molecule has 200 valence electrons. The molecule has 43 heavy (non-hydrogen) atoms. The van der Waals surface area contributed by atoms with E-state index in [1.54, 1.807) is 0 Å². The molecule has 9 aromatic rings. The van der Waals surface area contributed by atoms with Gasteiger partial charge in [-0.15, -0.1) is 0 Å². The maximum absolute atomic E-state index is 5.13. The van der Waals surface area contributed by atoms with E-state index >= 15 is 0 Å². The largest absolute Gasteiger partial charge is 0.298 e. The van der Waals surface area contributed by atoms with Crippen LogP contribution in [0.2, 0.25) is 0 Å². The number of nitrogens with zero attached hydrogens (tertiary/aromatic N) is 5. The maximum atomic E-state index is 5.13. The van der Waals surface area contributed by atoms with Crippen LogP contribution in [0.15, 0.2) is 140 Å². The fourth-order valence-electron chi connectivity index (χ4n) is 6.10. The zero-order valence-corrected chi connectivity index (χ0v) is 23.0. The van der Waals surface area contributed by atoms with Crippen molar-refractivity contribution in [3.05, 3.63) is 140 Å². The Morgan fingerprint density at radius 3 is 1.98 bits per heavy atom. The Kier molecular flexibility index (Phi) is 5.13. The summed E-state index contributed by atoms with van der Waals surface area (Å²) in [5.41, 5.74) is 9.57. The van der Waals surface area contributed by atoms with Gasteiger partial charge in [0.05, 0.1) is 27.9 Å². The number of benzene rings is 5.